The van der Waals surface area contributed by atoms with Crippen molar-refractivity contribution in [2.75, 3.05) is 51.8 Å². The van der Waals surface area contributed by atoms with Gasteiger partial charge in [0.15, 0.2) is 5.13 Å². The van der Waals surface area contributed by atoms with E-state index in [-0.39, 0.29) is 22.6 Å². The average molecular weight is 575 g/mol. The number of hydrogen-bond acceptors (Lipinski definition) is 7. The molecule has 39 heavy (non-hydrogen) atoms. The van der Waals surface area contributed by atoms with Crippen molar-refractivity contribution in [1.82, 2.24) is 14.2 Å². The third-order valence-electron chi connectivity index (χ3n) is 6.00. The highest BCUT2D eigenvalue weighted by Gasteiger charge is 2.27. The number of aromatic nitrogens is 1. The lowest BCUT2D eigenvalue weighted by atomic mass is 10.2. The molecule has 0 aliphatic rings. The highest BCUT2D eigenvalue weighted by molar-refractivity contribution is 7.89. The Morgan fingerprint density at radius 1 is 0.974 bits per heavy atom. The van der Waals surface area contributed by atoms with Crippen LogP contribution in [-0.2, 0) is 10.0 Å². The molecule has 1 heterocycles. The lowest BCUT2D eigenvalue weighted by Crippen LogP contribution is -2.37. The molecule has 214 valence electrons. The van der Waals surface area contributed by atoms with Crippen molar-refractivity contribution >= 4 is 42.6 Å². The minimum atomic E-state index is -3.68. The summed E-state index contributed by atoms with van der Waals surface area (Å²) in [5.74, 6) is 0.969. The number of nitrogens with zero attached hydrogens (tertiary/aromatic N) is 4. The highest BCUT2D eigenvalue weighted by atomic mass is 32.2. The number of carbonyl (C=O) groups excluding carboxylic acids is 1. The van der Waals surface area contributed by atoms with E-state index in [0.717, 1.165) is 28.9 Å². The predicted molar refractivity (Wildman–Crippen MR) is 161 cm³/mol. The molecule has 8 nitrogen and oxygen atoms in total. The summed E-state index contributed by atoms with van der Waals surface area (Å²) in [5.41, 5.74) is 1.23. The van der Waals surface area contributed by atoms with Gasteiger partial charge in [-0.2, -0.15) is 4.31 Å². The van der Waals surface area contributed by atoms with Crippen LogP contribution in [0, 0.1) is 11.8 Å². The van der Waals surface area contributed by atoms with Gasteiger partial charge in [-0.1, -0.05) is 39.0 Å². The summed E-state index contributed by atoms with van der Waals surface area (Å²) in [5, 5.41) is 0.610. The Bertz CT molecular complexity index is 1330. The van der Waals surface area contributed by atoms with Gasteiger partial charge in [0.2, 0.25) is 10.0 Å². The highest BCUT2D eigenvalue weighted by Crippen LogP contribution is 2.32. The minimum absolute atomic E-state index is 0.197. The number of hydrogen-bond donors (Lipinski definition) is 0. The molecule has 0 radical (unpaired) electrons. The zero-order valence-corrected chi connectivity index (χ0v) is 25.8. The number of fused-ring (bicyclic) bond motifs is 1. The van der Waals surface area contributed by atoms with Gasteiger partial charge in [-0.3, -0.25) is 9.69 Å². The van der Waals surface area contributed by atoms with Gasteiger partial charge in [-0.05, 0) is 88.3 Å². The van der Waals surface area contributed by atoms with Crippen LogP contribution in [0.5, 0.6) is 5.75 Å². The van der Waals surface area contributed by atoms with E-state index in [1.165, 1.54) is 11.3 Å². The molecule has 0 fully saturated rings. The third-order valence-corrected chi connectivity index (χ3v) is 8.89. The van der Waals surface area contributed by atoms with E-state index in [9.17, 15) is 13.2 Å². The summed E-state index contributed by atoms with van der Waals surface area (Å²) in [6.07, 6.45) is 0.769. The van der Waals surface area contributed by atoms with E-state index < -0.39 is 10.0 Å². The summed E-state index contributed by atoms with van der Waals surface area (Å²) in [6.45, 7) is 12.8. The molecule has 1 aromatic heterocycles. The fraction of sp³-hybridized carbons (Fsp3) is 0.517. The summed E-state index contributed by atoms with van der Waals surface area (Å²) in [6, 6.07) is 12.0. The molecule has 0 aliphatic carbocycles. The van der Waals surface area contributed by atoms with Gasteiger partial charge < -0.3 is 9.64 Å². The van der Waals surface area contributed by atoms with Crippen molar-refractivity contribution in [3.8, 4) is 5.75 Å². The Kier molecular flexibility index (Phi) is 10.9. The van der Waals surface area contributed by atoms with Crippen LogP contribution >= 0.6 is 11.3 Å². The first kappa shape index (κ1) is 31.0. The van der Waals surface area contributed by atoms with Crippen LogP contribution in [0.3, 0.4) is 0 Å². The predicted octanol–water partition coefficient (Wildman–Crippen LogP) is 5.60. The van der Waals surface area contributed by atoms with Crippen LogP contribution < -0.4 is 9.64 Å². The Labute approximate surface area is 237 Å². The molecule has 0 spiro atoms. The van der Waals surface area contributed by atoms with E-state index in [2.05, 4.69) is 4.90 Å². The molecule has 0 saturated carbocycles. The molecule has 0 unspecified atom stereocenters. The first-order valence-electron chi connectivity index (χ1n) is 13.5. The van der Waals surface area contributed by atoms with Crippen LogP contribution in [-0.4, -0.2) is 75.4 Å². The lowest BCUT2D eigenvalue weighted by molar-refractivity contribution is 0.0986. The molecule has 0 N–H and O–H groups in total. The summed E-state index contributed by atoms with van der Waals surface area (Å²) in [4.78, 5) is 22.5. The Balaban J connectivity index is 1.91. The smallest absolute Gasteiger partial charge is 0.260 e. The van der Waals surface area contributed by atoms with Gasteiger partial charge in [0, 0.05) is 25.2 Å². The van der Waals surface area contributed by atoms with Crippen LogP contribution in [0.2, 0.25) is 0 Å². The minimum Gasteiger partial charge on any atom is -0.494 e. The van der Waals surface area contributed by atoms with Crippen molar-refractivity contribution in [2.45, 2.75) is 45.9 Å². The molecular formula is C29H42N4O4S2. The van der Waals surface area contributed by atoms with Gasteiger partial charge >= 0.3 is 0 Å². The van der Waals surface area contributed by atoms with Gasteiger partial charge in [0.1, 0.15) is 5.75 Å². The molecule has 0 saturated heterocycles. The van der Waals surface area contributed by atoms with Crippen LogP contribution in [0.15, 0.2) is 47.4 Å². The van der Waals surface area contributed by atoms with Gasteiger partial charge in [0.05, 0.1) is 21.7 Å². The average Bonchev–Trinajstić information content (AvgIpc) is 3.28. The van der Waals surface area contributed by atoms with E-state index >= 15 is 0 Å². The number of carbonyl (C=O) groups is 1. The maximum absolute atomic E-state index is 13.7. The van der Waals surface area contributed by atoms with Crippen LogP contribution in [0.4, 0.5) is 5.13 Å². The third kappa shape index (κ3) is 8.23. The number of thiazole rings is 1. The Hall–Kier alpha value is -2.53. The van der Waals surface area contributed by atoms with Gasteiger partial charge in [-0.15, -0.1) is 0 Å². The quantitative estimate of drug-likeness (QED) is 0.249. The molecule has 3 aromatic rings. The topological polar surface area (TPSA) is 83.0 Å². The van der Waals surface area contributed by atoms with Gasteiger partial charge in [0.25, 0.3) is 5.91 Å². The second-order valence-corrected chi connectivity index (χ2v) is 13.8. The van der Waals surface area contributed by atoms with E-state index in [4.69, 9.17) is 9.72 Å². The number of amides is 1. The van der Waals surface area contributed by atoms with Crippen molar-refractivity contribution in [1.29, 1.82) is 0 Å². The fourth-order valence-electron chi connectivity index (χ4n) is 4.25. The molecule has 2 aromatic carbocycles. The molecule has 1 amide bonds. The zero-order chi connectivity index (χ0) is 28.7. The zero-order valence-electron chi connectivity index (χ0n) is 24.2. The molecular weight excluding hydrogens is 532 g/mol. The maximum atomic E-state index is 13.7. The van der Waals surface area contributed by atoms with E-state index in [1.807, 2.05) is 66.9 Å². The Morgan fingerprint density at radius 3 is 2.18 bits per heavy atom. The second kappa shape index (κ2) is 13.7. The second-order valence-electron chi connectivity index (χ2n) is 10.8. The van der Waals surface area contributed by atoms with Crippen molar-refractivity contribution in [2.24, 2.45) is 11.8 Å². The van der Waals surface area contributed by atoms with E-state index in [0.29, 0.717) is 36.9 Å². The molecule has 0 aliphatic heterocycles. The normalized spacial score (nSPS) is 12.3. The fourth-order valence-corrected chi connectivity index (χ4v) is 7.04. The standard InChI is InChI=1S/C29H42N4O4S2/c1-8-37-24-12-15-26-27(18-24)38-29(30-26)33(17-9-16-31(6)7)28(34)23-10-13-25(14-11-23)39(35,36)32(19-21(2)3)20-22(4)5/h10-15,18,21-22H,8-9,16-17,19-20H2,1-7H3. The van der Waals surface area contributed by atoms with E-state index in [1.54, 1.807) is 33.5 Å². The summed E-state index contributed by atoms with van der Waals surface area (Å²) < 4.78 is 35.0. The molecule has 10 heteroatoms. The maximum Gasteiger partial charge on any atom is 0.260 e. The van der Waals surface area contributed by atoms with Crippen LogP contribution in [0.25, 0.3) is 10.2 Å². The van der Waals surface area contributed by atoms with Crippen molar-refractivity contribution in [3.05, 3.63) is 48.0 Å². The van der Waals surface area contributed by atoms with Crippen LogP contribution in [0.1, 0.15) is 51.4 Å². The van der Waals surface area contributed by atoms with Crippen molar-refractivity contribution in [3.63, 3.8) is 0 Å². The molecule has 0 bridgehead atoms. The number of benzene rings is 2. The Morgan fingerprint density at radius 2 is 1.62 bits per heavy atom. The molecule has 0 atom stereocenters. The number of rotatable bonds is 14. The first-order chi connectivity index (χ1) is 18.4. The molecule has 3 rings (SSSR count). The number of sulfonamides is 1. The number of ether oxygens (including phenoxy) is 1. The first-order valence-corrected chi connectivity index (χ1v) is 15.8. The number of anilines is 1. The summed E-state index contributed by atoms with van der Waals surface area (Å²) in [7, 11) is 0.325. The lowest BCUT2D eigenvalue weighted by Gasteiger charge is -2.26. The van der Waals surface area contributed by atoms with Crippen molar-refractivity contribution < 1.29 is 17.9 Å². The monoisotopic (exact) mass is 574 g/mol. The SMILES string of the molecule is CCOc1ccc2nc(N(CCCN(C)C)C(=O)c3ccc(S(=O)(=O)N(CC(C)C)CC(C)C)cc3)sc2c1. The largest absolute Gasteiger partial charge is 0.494 e. The summed E-state index contributed by atoms with van der Waals surface area (Å²) >= 11 is 1.45. The van der Waals surface area contributed by atoms with Gasteiger partial charge in [-0.25, -0.2) is 13.4 Å².